The lowest BCUT2D eigenvalue weighted by atomic mass is 10.2. The Bertz CT molecular complexity index is 286. The van der Waals surface area contributed by atoms with Gasteiger partial charge in [-0.2, -0.15) is 0 Å². The molecule has 0 bridgehead atoms. The Hall–Kier alpha value is -1.59. The molecule has 0 aliphatic rings. The molecule has 1 atom stereocenters. The van der Waals surface area contributed by atoms with Crippen molar-refractivity contribution in [2.24, 2.45) is 0 Å². The number of aliphatic carboxylic acids is 1. The maximum absolute atomic E-state index is 11.3. The van der Waals surface area contributed by atoms with E-state index in [0.29, 0.717) is 19.4 Å². The van der Waals surface area contributed by atoms with Crippen LogP contribution < -0.4 is 0 Å². The summed E-state index contributed by atoms with van der Waals surface area (Å²) in [4.78, 5) is 32.6. The molecule has 0 heterocycles. The number of carbonyl (C=O) groups is 3. The fraction of sp³-hybridized carbons (Fsp3) is 0.750. The molecular formula is C12H20O6. The van der Waals surface area contributed by atoms with E-state index in [1.54, 1.807) is 13.8 Å². The van der Waals surface area contributed by atoms with Crippen LogP contribution in [0.4, 0.5) is 0 Å². The van der Waals surface area contributed by atoms with Crippen LogP contribution in [0.3, 0.4) is 0 Å². The molecule has 0 spiro atoms. The highest BCUT2D eigenvalue weighted by Crippen LogP contribution is 2.06. The summed E-state index contributed by atoms with van der Waals surface area (Å²) in [5.74, 6) is -1.69. The van der Waals surface area contributed by atoms with Crippen molar-refractivity contribution in [2.75, 3.05) is 6.61 Å². The lowest BCUT2D eigenvalue weighted by Gasteiger charge is -2.12. The average Bonchev–Trinajstić information content (AvgIpc) is 2.24. The van der Waals surface area contributed by atoms with Gasteiger partial charge in [-0.05, 0) is 26.7 Å². The Kier molecular flexibility index (Phi) is 8.61. The van der Waals surface area contributed by atoms with Crippen LogP contribution in [0, 0.1) is 0 Å². The average molecular weight is 260 g/mol. The van der Waals surface area contributed by atoms with Gasteiger partial charge in [0.1, 0.15) is 6.10 Å². The third kappa shape index (κ3) is 9.62. The molecule has 0 aromatic heterocycles. The highest BCUT2D eigenvalue weighted by Gasteiger charge is 2.14. The first kappa shape index (κ1) is 16.4. The molecule has 1 unspecified atom stereocenters. The number of carboxylic acids is 1. The molecular weight excluding hydrogens is 240 g/mol. The number of unbranched alkanes of at least 4 members (excludes halogenated alkanes) is 1. The summed E-state index contributed by atoms with van der Waals surface area (Å²) in [6, 6.07) is 0. The van der Waals surface area contributed by atoms with Crippen LogP contribution in [-0.2, 0) is 23.9 Å². The van der Waals surface area contributed by atoms with Gasteiger partial charge in [0.15, 0.2) is 0 Å². The highest BCUT2D eigenvalue weighted by atomic mass is 16.6. The number of hydrogen-bond acceptors (Lipinski definition) is 5. The molecule has 0 fully saturated rings. The lowest BCUT2D eigenvalue weighted by molar-refractivity contribution is -0.154. The van der Waals surface area contributed by atoms with E-state index in [9.17, 15) is 14.4 Å². The molecule has 104 valence electrons. The number of carboxylic acid groups (broad SMARTS) is 1. The van der Waals surface area contributed by atoms with Crippen LogP contribution in [0.15, 0.2) is 0 Å². The summed E-state index contributed by atoms with van der Waals surface area (Å²) in [7, 11) is 0. The van der Waals surface area contributed by atoms with Gasteiger partial charge in [0.05, 0.1) is 13.0 Å². The summed E-state index contributed by atoms with van der Waals surface area (Å²) in [5.41, 5.74) is 0. The number of carbonyl (C=O) groups excluding carboxylic acids is 2. The Balaban J connectivity index is 3.67. The largest absolute Gasteiger partial charge is 0.481 e. The molecule has 0 amide bonds. The molecule has 0 aliphatic heterocycles. The molecule has 0 saturated carbocycles. The summed E-state index contributed by atoms with van der Waals surface area (Å²) in [6.45, 7) is 3.62. The van der Waals surface area contributed by atoms with Crippen LogP contribution in [0.2, 0.25) is 0 Å². The van der Waals surface area contributed by atoms with Crippen LogP contribution in [0.1, 0.15) is 46.0 Å². The van der Waals surface area contributed by atoms with Crippen molar-refractivity contribution in [1.82, 2.24) is 0 Å². The number of rotatable bonds is 9. The second-order valence-electron chi connectivity index (χ2n) is 3.91. The highest BCUT2D eigenvalue weighted by molar-refractivity contribution is 5.72. The van der Waals surface area contributed by atoms with Crippen molar-refractivity contribution < 1.29 is 29.0 Å². The molecule has 0 saturated heterocycles. The van der Waals surface area contributed by atoms with E-state index >= 15 is 0 Å². The standard InChI is InChI=1S/C12H20O6/c1-3-17-12(16)8-9(2)18-11(15)7-5-4-6-10(13)14/h9H,3-8H2,1-2H3,(H,13,14). The van der Waals surface area contributed by atoms with E-state index in [2.05, 4.69) is 0 Å². The van der Waals surface area contributed by atoms with Gasteiger partial charge < -0.3 is 14.6 Å². The van der Waals surface area contributed by atoms with Crippen molar-refractivity contribution in [2.45, 2.75) is 52.1 Å². The van der Waals surface area contributed by atoms with Crippen LogP contribution in [0.5, 0.6) is 0 Å². The summed E-state index contributed by atoms with van der Waals surface area (Å²) in [6.07, 6.45) is 0.644. The molecule has 0 aromatic carbocycles. The van der Waals surface area contributed by atoms with Crippen molar-refractivity contribution in [3.8, 4) is 0 Å². The summed E-state index contributed by atoms with van der Waals surface area (Å²) < 4.78 is 9.71. The third-order valence-corrected chi connectivity index (χ3v) is 2.11. The van der Waals surface area contributed by atoms with Gasteiger partial charge in [-0.1, -0.05) is 0 Å². The minimum Gasteiger partial charge on any atom is -0.481 e. The molecule has 0 radical (unpaired) electrons. The van der Waals surface area contributed by atoms with Crippen molar-refractivity contribution in [1.29, 1.82) is 0 Å². The Morgan fingerprint density at radius 3 is 2.28 bits per heavy atom. The zero-order chi connectivity index (χ0) is 14.0. The van der Waals surface area contributed by atoms with Gasteiger partial charge in [-0.15, -0.1) is 0 Å². The van der Waals surface area contributed by atoms with E-state index < -0.39 is 24.0 Å². The minimum absolute atomic E-state index is 0.0364. The van der Waals surface area contributed by atoms with E-state index in [1.807, 2.05) is 0 Å². The van der Waals surface area contributed by atoms with Gasteiger partial charge in [0, 0.05) is 12.8 Å². The first-order chi connectivity index (χ1) is 8.45. The quantitative estimate of drug-likeness (QED) is 0.499. The molecule has 0 aromatic rings. The predicted octanol–water partition coefficient (Wildman–Crippen LogP) is 1.52. The van der Waals surface area contributed by atoms with Crippen LogP contribution >= 0.6 is 0 Å². The van der Waals surface area contributed by atoms with Crippen molar-refractivity contribution in [3.63, 3.8) is 0 Å². The van der Waals surface area contributed by atoms with Crippen molar-refractivity contribution >= 4 is 17.9 Å². The van der Waals surface area contributed by atoms with E-state index in [0.717, 1.165) is 0 Å². The van der Waals surface area contributed by atoms with Crippen LogP contribution in [0.25, 0.3) is 0 Å². The fourth-order valence-corrected chi connectivity index (χ4v) is 1.33. The van der Waals surface area contributed by atoms with Gasteiger partial charge in [0.25, 0.3) is 0 Å². The molecule has 18 heavy (non-hydrogen) atoms. The zero-order valence-electron chi connectivity index (χ0n) is 10.8. The van der Waals surface area contributed by atoms with E-state index in [4.69, 9.17) is 14.6 Å². The number of ether oxygens (including phenoxy) is 2. The summed E-state index contributed by atoms with van der Waals surface area (Å²) >= 11 is 0. The minimum atomic E-state index is -0.876. The third-order valence-electron chi connectivity index (χ3n) is 2.11. The number of hydrogen-bond donors (Lipinski definition) is 1. The molecule has 6 nitrogen and oxygen atoms in total. The maximum Gasteiger partial charge on any atom is 0.309 e. The van der Waals surface area contributed by atoms with Gasteiger partial charge in [0.2, 0.25) is 0 Å². The van der Waals surface area contributed by atoms with Crippen LogP contribution in [-0.4, -0.2) is 35.7 Å². The predicted molar refractivity (Wildman–Crippen MR) is 62.9 cm³/mol. The topological polar surface area (TPSA) is 89.9 Å². The molecule has 6 heteroatoms. The maximum atomic E-state index is 11.3. The first-order valence-electron chi connectivity index (χ1n) is 6.02. The monoisotopic (exact) mass is 260 g/mol. The first-order valence-corrected chi connectivity index (χ1v) is 6.02. The Labute approximate surface area is 106 Å². The van der Waals surface area contributed by atoms with Crippen molar-refractivity contribution in [3.05, 3.63) is 0 Å². The lowest BCUT2D eigenvalue weighted by Crippen LogP contribution is -2.19. The smallest absolute Gasteiger partial charge is 0.309 e. The molecule has 1 N–H and O–H groups in total. The number of esters is 2. The van der Waals surface area contributed by atoms with Gasteiger partial charge in [-0.25, -0.2) is 0 Å². The fourth-order valence-electron chi connectivity index (χ4n) is 1.33. The van der Waals surface area contributed by atoms with E-state index in [-0.39, 0.29) is 19.3 Å². The zero-order valence-corrected chi connectivity index (χ0v) is 10.8. The molecule has 0 aliphatic carbocycles. The second kappa shape index (κ2) is 9.44. The second-order valence-corrected chi connectivity index (χ2v) is 3.91. The Morgan fingerprint density at radius 1 is 1.11 bits per heavy atom. The SMILES string of the molecule is CCOC(=O)CC(C)OC(=O)CCCCC(=O)O. The Morgan fingerprint density at radius 2 is 1.72 bits per heavy atom. The van der Waals surface area contributed by atoms with E-state index in [1.165, 1.54) is 0 Å². The summed E-state index contributed by atoms with van der Waals surface area (Å²) in [5, 5.41) is 8.41. The van der Waals surface area contributed by atoms with Gasteiger partial charge >= 0.3 is 17.9 Å². The normalized spacial score (nSPS) is 11.7. The molecule has 0 rings (SSSR count). The van der Waals surface area contributed by atoms with Gasteiger partial charge in [-0.3, -0.25) is 14.4 Å².